The first-order valence-corrected chi connectivity index (χ1v) is 5.76. The number of carbonyl (C=O) groups is 2. The second-order valence-electron chi connectivity index (χ2n) is 3.30. The van der Waals surface area contributed by atoms with Gasteiger partial charge in [-0.25, -0.2) is 4.79 Å². The molecule has 0 bridgehead atoms. The van der Waals surface area contributed by atoms with Crippen LogP contribution >= 0.6 is 27.5 Å². The van der Waals surface area contributed by atoms with Crippen LogP contribution in [-0.4, -0.2) is 35.6 Å². The molecule has 5 nitrogen and oxygen atoms in total. The molecule has 0 saturated carbocycles. The number of likely N-dealkylation sites (N-methyl/N-ethyl adjacent to an activating group) is 1. The summed E-state index contributed by atoms with van der Waals surface area (Å²) in [6, 6.07) is 4.46. The first kappa shape index (κ1) is 13.8. The predicted molar refractivity (Wildman–Crippen MR) is 68.4 cm³/mol. The highest BCUT2D eigenvalue weighted by Gasteiger charge is 2.13. The van der Waals surface area contributed by atoms with Gasteiger partial charge in [-0.3, -0.25) is 4.79 Å². The van der Waals surface area contributed by atoms with E-state index in [0.717, 1.165) is 9.37 Å². The molecule has 2 N–H and O–H groups in total. The number of anilines is 1. The quantitative estimate of drug-likeness (QED) is 0.899. The van der Waals surface area contributed by atoms with Crippen molar-refractivity contribution in [2.75, 3.05) is 18.9 Å². The topological polar surface area (TPSA) is 69.6 Å². The van der Waals surface area contributed by atoms with Crippen LogP contribution in [0.4, 0.5) is 10.5 Å². The predicted octanol–water partition coefficient (Wildman–Crippen LogP) is 2.65. The van der Waals surface area contributed by atoms with Crippen LogP contribution in [0.5, 0.6) is 0 Å². The van der Waals surface area contributed by atoms with E-state index < -0.39 is 12.0 Å². The molecule has 0 saturated heterocycles. The molecule has 1 aromatic rings. The van der Waals surface area contributed by atoms with E-state index in [4.69, 9.17) is 16.7 Å². The minimum absolute atomic E-state index is 0.378. The number of benzene rings is 1. The molecule has 1 aromatic carbocycles. The number of amides is 2. The fourth-order valence-electron chi connectivity index (χ4n) is 1.08. The number of hydrogen-bond donors (Lipinski definition) is 2. The minimum atomic E-state index is -1.08. The van der Waals surface area contributed by atoms with Crippen LogP contribution in [0.3, 0.4) is 0 Å². The van der Waals surface area contributed by atoms with Crippen molar-refractivity contribution in [3.63, 3.8) is 0 Å². The molecule has 0 spiro atoms. The Kier molecular flexibility index (Phi) is 4.77. The molecule has 0 aromatic heterocycles. The molecule has 17 heavy (non-hydrogen) atoms. The van der Waals surface area contributed by atoms with Crippen molar-refractivity contribution in [2.45, 2.75) is 0 Å². The van der Waals surface area contributed by atoms with Gasteiger partial charge in [-0.1, -0.05) is 27.5 Å². The lowest BCUT2D eigenvalue weighted by Gasteiger charge is -2.16. The molecule has 2 amide bonds. The summed E-state index contributed by atoms with van der Waals surface area (Å²) < 4.78 is 0.762. The number of carbonyl (C=O) groups excluding carboxylic acids is 1. The third-order valence-electron chi connectivity index (χ3n) is 1.89. The van der Waals surface area contributed by atoms with Crippen LogP contribution in [0.25, 0.3) is 0 Å². The van der Waals surface area contributed by atoms with Gasteiger partial charge in [0.1, 0.15) is 6.54 Å². The third kappa shape index (κ3) is 4.24. The maximum absolute atomic E-state index is 11.6. The molecule has 0 aliphatic rings. The summed E-state index contributed by atoms with van der Waals surface area (Å²) in [6.45, 7) is -0.378. The van der Waals surface area contributed by atoms with E-state index in [2.05, 4.69) is 21.2 Å². The zero-order valence-electron chi connectivity index (χ0n) is 8.91. The van der Waals surface area contributed by atoms with Crippen molar-refractivity contribution in [1.82, 2.24) is 4.90 Å². The molecule has 7 heteroatoms. The first-order chi connectivity index (χ1) is 7.90. The standard InChI is InChI=1S/C10H10BrClN2O3/c1-14(5-9(15)16)10(17)13-8-4-6(11)2-3-7(8)12/h2-4H,5H2,1H3,(H,13,17)(H,15,16). The number of rotatable bonds is 3. The van der Waals surface area contributed by atoms with Gasteiger partial charge in [0.15, 0.2) is 0 Å². The molecule has 92 valence electrons. The molecular weight excluding hydrogens is 311 g/mol. The maximum Gasteiger partial charge on any atom is 0.323 e. The molecule has 0 heterocycles. The second-order valence-corrected chi connectivity index (χ2v) is 4.63. The fourth-order valence-corrected chi connectivity index (χ4v) is 1.60. The SMILES string of the molecule is CN(CC(=O)O)C(=O)Nc1cc(Br)ccc1Cl. The molecule has 1 rings (SSSR count). The number of nitrogens with one attached hydrogen (secondary N) is 1. The smallest absolute Gasteiger partial charge is 0.323 e. The van der Waals surface area contributed by atoms with Gasteiger partial charge in [0.05, 0.1) is 10.7 Å². The largest absolute Gasteiger partial charge is 0.480 e. The summed E-state index contributed by atoms with van der Waals surface area (Å²) in [7, 11) is 1.38. The number of urea groups is 1. The lowest BCUT2D eigenvalue weighted by molar-refractivity contribution is -0.137. The van der Waals surface area contributed by atoms with E-state index in [9.17, 15) is 9.59 Å². The normalized spacial score (nSPS) is 9.82. The number of aliphatic carboxylic acids is 1. The van der Waals surface area contributed by atoms with Crippen molar-refractivity contribution in [1.29, 1.82) is 0 Å². The van der Waals surface area contributed by atoms with Gasteiger partial charge in [0, 0.05) is 11.5 Å². The van der Waals surface area contributed by atoms with Crippen molar-refractivity contribution < 1.29 is 14.7 Å². The lowest BCUT2D eigenvalue weighted by Crippen LogP contribution is -2.35. The van der Waals surface area contributed by atoms with Gasteiger partial charge >= 0.3 is 12.0 Å². The minimum Gasteiger partial charge on any atom is -0.480 e. The number of nitrogens with zero attached hydrogens (tertiary/aromatic N) is 1. The van der Waals surface area contributed by atoms with Gasteiger partial charge in [-0.2, -0.15) is 0 Å². The van der Waals surface area contributed by atoms with Crippen LogP contribution in [0.15, 0.2) is 22.7 Å². The number of hydrogen-bond acceptors (Lipinski definition) is 2. The molecule has 0 radical (unpaired) electrons. The average molecular weight is 322 g/mol. The van der Waals surface area contributed by atoms with Gasteiger partial charge in [0.2, 0.25) is 0 Å². The van der Waals surface area contributed by atoms with Crippen LogP contribution in [0.2, 0.25) is 5.02 Å². The first-order valence-electron chi connectivity index (χ1n) is 4.59. The van der Waals surface area contributed by atoms with E-state index in [-0.39, 0.29) is 6.54 Å². The summed E-state index contributed by atoms with van der Waals surface area (Å²) in [5, 5.41) is 11.4. The Labute approximate surface area is 111 Å². The van der Waals surface area contributed by atoms with E-state index in [0.29, 0.717) is 10.7 Å². The lowest BCUT2D eigenvalue weighted by atomic mass is 10.3. The van der Waals surface area contributed by atoms with E-state index in [1.165, 1.54) is 7.05 Å². The zero-order valence-corrected chi connectivity index (χ0v) is 11.2. The third-order valence-corrected chi connectivity index (χ3v) is 2.71. The van der Waals surface area contributed by atoms with E-state index >= 15 is 0 Å². The summed E-state index contributed by atoms with van der Waals surface area (Å²) in [6.07, 6.45) is 0. The van der Waals surface area contributed by atoms with Crippen LogP contribution in [0.1, 0.15) is 0 Å². The van der Waals surface area contributed by atoms with Crippen LogP contribution < -0.4 is 5.32 Å². The maximum atomic E-state index is 11.6. The van der Waals surface area contributed by atoms with E-state index in [1.807, 2.05) is 0 Å². The monoisotopic (exact) mass is 320 g/mol. The van der Waals surface area contributed by atoms with E-state index in [1.54, 1.807) is 18.2 Å². The van der Waals surface area contributed by atoms with Gasteiger partial charge < -0.3 is 15.3 Å². The Bertz CT molecular complexity index is 453. The average Bonchev–Trinajstić information content (AvgIpc) is 2.22. The van der Waals surface area contributed by atoms with Gasteiger partial charge in [0.25, 0.3) is 0 Å². The summed E-state index contributed by atoms with van der Waals surface area (Å²) >= 11 is 9.13. The number of halogens is 2. The van der Waals surface area contributed by atoms with Crippen molar-refractivity contribution >= 4 is 45.2 Å². The summed E-state index contributed by atoms with van der Waals surface area (Å²) in [4.78, 5) is 23.1. The Morgan fingerprint density at radius 3 is 2.76 bits per heavy atom. The molecule has 0 fully saturated rings. The number of carboxylic acids is 1. The fraction of sp³-hybridized carbons (Fsp3) is 0.200. The highest BCUT2D eigenvalue weighted by Crippen LogP contribution is 2.25. The molecule has 0 unspecified atom stereocenters. The molecule has 0 aliphatic carbocycles. The van der Waals surface area contributed by atoms with Gasteiger partial charge in [-0.15, -0.1) is 0 Å². The summed E-state index contributed by atoms with van der Waals surface area (Å²) in [5.41, 5.74) is 0.420. The summed E-state index contributed by atoms with van der Waals surface area (Å²) in [5.74, 6) is -1.08. The zero-order chi connectivity index (χ0) is 13.0. The van der Waals surface area contributed by atoms with Crippen molar-refractivity contribution in [3.8, 4) is 0 Å². The van der Waals surface area contributed by atoms with Gasteiger partial charge in [-0.05, 0) is 18.2 Å². The molecule has 0 atom stereocenters. The molecule has 0 aliphatic heterocycles. The highest BCUT2D eigenvalue weighted by molar-refractivity contribution is 9.10. The highest BCUT2D eigenvalue weighted by atomic mass is 79.9. The Balaban J connectivity index is 2.73. The second kappa shape index (κ2) is 5.88. The van der Waals surface area contributed by atoms with Crippen molar-refractivity contribution in [2.24, 2.45) is 0 Å². The number of carboxylic acid groups (broad SMARTS) is 1. The molecular formula is C10H10BrClN2O3. The van der Waals surface area contributed by atoms with Crippen LogP contribution in [-0.2, 0) is 4.79 Å². The van der Waals surface area contributed by atoms with Crippen molar-refractivity contribution in [3.05, 3.63) is 27.7 Å². The van der Waals surface area contributed by atoms with Crippen LogP contribution in [0, 0.1) is 0 Å². The Morgan fingerprint density at radius 2 is 2.18 bits per heavy atom. The Hall–Kier alpha value is -1.27. The Morgan fingerprint density at radius 1 is 1.53 bits per heavy atom.